The molecule has 4 aliphatic rings. The van der Waals surface area contributed by atoms with Gasteiger partial charge in [0.2, 0.25) is 6.10 Å². The molecule has 6 rings (SSSR count). The first-order valence-electron chi connectivity index (χ1n) is 13.3. The van der Waals surface area contributed by atoms with Crippen LogP contribution in [0.3, 0.4) is 0 Å². The van der Waals surface area contributed by atoms with E-state index in [-0.39, 0.29) is 18.9 Å². The molecule has 1 unspecified atom stereocenters. The van der Waals surface area contributed by atoms with E-state index in [0.29, 0.717) is 41.6 Å². The minimum Gasteiger partial charge on any atom is -0.493 e. The van der Waals surface area contributed by atoms with Gasteiger partial charge in [-0.25, -0.2) is 4.79 Å². The molecule has 3 N–H and O–H groups in total. The average Bonchev–Trinajstić information content (AvgIpc) is 3.27. The number of nitrogens with two attached hydrogens (primary N) is 1. The monoisotopic (exact) mass is 519 g/mol. The van der Waals surface area contributed by atoms with Gasteiger partial charge in [0.15, 0.2) is 17.6 Å². The summed E-state index contributed by atoms with van der Waals surface area (Å²) in [6.45, 7) is 2.31. The molecular formula is C30H33NO7. The molecule has 2 aromatic carbocycles. The summed E-state index contributed by atoms with van der Waals surface area (Å²) in [6, 6.07) is 12.7. The average molecular weight is 520 g/mol. The van der Waals surface area contributed by atoms with Crippen molar-refractivity contribution in [3.63, 3.8) is 0 Å². The van der Waals surface area contributed by atoms with Crippen LogP contribution in [0.1, 0.15) is 55.4 Å². The number of hydrogen-bond acceptors (Lipinski definition) is 8. The van der Waals surface area contributed by atoms with Crippen molar-refractivity contribution in [2.75, 3.05) is 13.7 Å². The predicted molar refractivity (Wildman–Crippen MR) is 137 cm³/mol. The predicted octanol–water partition coefficient (Wildman–Crippen LogP) is 3.49. The van der Waals surface area contributed by atoms with Crippen molar-refractivity contribution in [1.82, 2.24) is 0 Å². The highest BCUT2D eigenvalue weighted by molar-refractivity contribution is 5.82. The summed E-state index contributed by atoms with van der Waals surface area (Å²) in [5, 5.41) is 12.4. The highest BCUT2D eigenvalue weighted by Gasteiger charge is 2.72. The van der Waals surface area contributed by atoms with Crippen LogP contribution in [-0.2, 0) is 30.9 Å². The van der Waals surface area contributed by atoms with E-state index >= 15 is 0 Å². The highest BCUT2D eigenvalue weighted by Crippen LogP contribution is 2.68. The van der Waals surface area contributed by atoms with Crippen LogP contribution in [0.4, 0.5) is 0 Å². The smallest absolute Gasteiger partial charge is 0.357 e. The lowest BCUT2D eigenvalue weighted by Gasteiger charge is -2.61. The third-order valence-electron chi connectivity index (χ3n) is 9.07. The Morgan fingerprint density at radius 1 is 1.21 bits per heavy atom. The molecule has 1 fully saturated rings. The second-order valence-electron chi connectivity index (χ2n) is 10.9. The van der Waals surface area contributed by atoms with Crippen molar-refractivity contribution in [3.05, 3.63) is 71.0 Å². The van der Waals surface area contributed by atoms with Crippen LogP contribution in [0.5, 0.6) is 11.5 Å². The van der Waals surface area contributed by atoms with E-state index in [1.54, 1.807) is 37.5 Å². The summed E-state index contributed by atoms with van der Waals surface area (Å²) in [6.07, 6.45) is 2.52. The Bertz CT molecular complexity index is 1310. The number of rotatable bonds is 7. The fourth-order valence-electron chi connectivity index (χ4n) is 7.32. The number of esters is 2. The van der Waals surface area contributed by atoms with Crippen LogP contribution in [0.15, 0.2) is 54.3 Å². The third kappa shape index (κ3) is 3.43. The summed E-state index contributed by atoms with van der Waals surface area (Å²) in [7, 11) is 1.60. The molecule has 0 amide bonds. The van der Waals surface area contributed by atoms with E-state index < -0.39 is 35.2 Å². The first kappa shape index (κ1) is 24.9. The van der Waals surface area contributed by atoms with Crippen molar-refractivity contribution in [3.8, 4) is 11.5 Å². The summed E-state index contributed by atoms with van der Waals surface area (Å²) in [4.78, 5) is 25.9. The van der Waals surface area contributed by atoms with Crippen LogP contribution in [0, 0.1) is 11.8 Å². The van der Waals surface area contributed by atoms with E-state index in [1.807, 2.05) is 12.1 Å². The summed E-state index contributed by atoms with van der Waals surface area (Å²) < 4.78 is 23.7. The van der Waals surface area contributed by atoms with E-state index in [9.17, 15) is 14.7 Å². The SMILES string of the molecule is COc1ccc2c3c1O[C@H]1C(OC(=O)[C@@H](OC(=O)CCN)c4ccccc4)=CC[C@@]4(O)[C@@H](C2)C(C)CC[C@]314. The molecule has 2 aromatic rings. The van der Waals surface area contributed by atoms with Crippen LogP contribution < -0.4 is 15.2 Å². The number of hydrogen-bond donors (Lipinski definition) is 2. The Kier molecular flexibility index (Phi) is 6.00. The molecule has 8 heteroatoms. The van der Waals surface area contributed by atoms with Crippen LogP contribution >= 0.6 is 0 Å². The van der Waals surface area contributed by atoms with Gasteiger partial charge in [-0.3, -0.25) is 4.79 Å². The second-order valence-corrected chi connectivity index (χ2v) is 10.9. The fourth-order valence-corrected chi connectivity index (χ4v) is 7.32. The lowest BCUT2D eigenvalue weighted by atomic mass is 9.45. The van der Waals surface area contributed by atoms with Crippen molar-refractivity contribution in [2.45, 2.75) is 62.3 Å². The number of benzene rings is 2. The van der Waals surface area contributed by atoms with Gasteiger partial charge in [0, 0.05) is 17.7 Å². The maximum absolute atomic E-state index is 13.6. The molecule has 3 aliphatic carbocycles. The highest BCUT2D eigenvalue weighted by atomic mass is 16.6. The molecule has 0 radical (unpaired) electrons. The molecule has 2 bridgehead atoms. The Morgan fingerprint density at radius 3 is 2.74 bits per heavy atom. The first-order valence-corrected chi connectivity index (χ1v) is 13.3. The maximum atomic E-state index is 13.6. The summed E-state index contributed by atoms with van der Waals surface area (Å²) in [5.74, 6) is 0.617. The third-order valence-corrected chi connectivity index (χ3v) is 9.07. The normalized spacial score (nSPS) is 30.8. The minimum atomic E-state index is -1.26. The van der Waals surface area contributed by atoms with E-state index in [0.717, 1.165) is 24.0 Å². The van der Waals surface area contributed by atoms with Crippen molar-refractivity contribution < 1.29 is 33.6 Å². The molecule has 200 valence electrons. The maximum Gasteiger partial charge on any atom is 0.357 e. The second kappa shape index (κ2) is 9.13. The van der Waals surface area contributed by atoms with Gasteiger partial charge >= 0.3 is 11.9 Å². The molecular weight excluding hydrogens is 486 g/mol. The van der Waals surface area contributed by atoms with Gasteiger partial charge in [0.25, 0.3) is 0 Å². The number of carbonyl (C=O) groups excluding carboxylic acids is 2. The summed E-state index contributed by atoms with van der Waals surface area (Å²) in [5.41, 5.74) is 6.34. The zero-order valence-corrected chi connectivity index (χ0v) is 21.6. The fraction of sp³-hybridized carbons (Fsp3) is 0.467. The number of ether oxygens (including phenoxy) is 4. The molecule has 6 atom stereocenters. The largest absolute Gasteiger partial charge is 0.493 e. The molecule has 0 aromatic heterocycles. The molecule has 8 nitrogen and oxygen atoms in total. The van der Waals surface area contributed by atoms with Gasteiger partial charge in [-0.15, -0.1) is 0 Å². The van der Waals surface area contributed by atoms with Gasteiger partial charge in [0.05, 0.1) is 24.5 Å². The van der Waals surface area contributed by atoms with E-state index in [2.05, 4.69) is 13.0 Å². The van der Waals surface area contributed by atoms with Gasteiger partial charge < -0.3 is 29.8 Å². The van der Waals surface area contributed by atoms with E-state index in [4.69, 9.17) is 24.7 Å². The lowest BCUT2D eigenvalue weighted by Crippen LogP contribution is -2.69. The number of carbonyl (C=O) groups is 2. The summed E-state index contributed by atoms with van der Waals surface area (Å²) >= 11 is 0. The molecule has 1 aliphatic heterocycles. The van der Waals surface area contributed by atoms with Crippen molar-refractivity contribution in [2.24, 2.45) is 17.6 Å². The zero-order valence-electron chi connectivity index (χ0n) is 21.6. The van der Waals surface area contributed by atoms with Crippen molar-refractivity contribution >= 4 is 11.9 Å². The number of aliphatic hydroxyl groups is 1. The van der Waals surface area contributed by atoms with E-state index in [1.165, 1.54) is 0 Å². The zero-order chi connectivity index (χ0) is 26.7. The van der Waals surface area contributed by atoms with Gasteiger partial charge in [-0.05, 0) is 55.2 Å². The first-order chi connectivity index (χ1) is 18.3. The topological polar surface area (TPSA) is 117 Å². The molecule has 0 saturated heterocycles. The standard InChI is InChI=1S/C30H33NO7/c1-17-10-13-29-24-19-8-9-21(35-2)26(24)38-27(29)22(11-14-30(29,34)20(17)16-19)36-28(33)25(37-23(32)12-15-31)18-6-4-3-5-7-18/h3-9,11,17,20,25,27,34H,10,12-16,31H2,1-2H3/t17?,20-,25-,27-,29-,30+/m0/s1. The van der Waals surface area contributed by atoms with Crippen LogP contribution in [-0.4, -0.2) is 42.4 Å². The van der Waals surface area contributed by atoms with Crippen molar-refractivity contribution in [1.29, 1.82) is 0 Å². The van der Waals surface area contributed by atoms with Gasteiger partial charge in [-0.1, -0.05) is 43.3 Å². The lowest BCUT2D eigenvalue weighted by molar-refractivity contribution is -0.177. The molecule has 1 spiro atoms. The Morgan fingerprint density at radius 2 is 2.00 bits per heavy atom. The van der Waals surface area contributed by atoms with Gasteiger partial charge in [-0.2, -0.15) is 0 Å². The van der Waals surface area contributed by atoms with Gasteiger partial charge in [0.1, 0.15) is 5.76 Å². The van der Waals surface area contributed by atoms with Crippen LogP contribution in [0.25, 0.3) is 0 Å². The minimum absolute atomic E-state index is 0.0152. The Labute approximate surface area is 221 Å². The molecule has 1 heterocycles. The Hall–Kier alpha value is -3.36. The quantitative estimate of drug-likeness (QED) is 0.534. The molecule has 38 heavy (non-hydrogen) atoms. The molecule has 1 saturated carbocycles. The van der Waals surface area contributed by atoms with Crippen LogP contribution in [0.2, 0.25) is 0 Å². The number of methoxy groups -OCH3 is 1. The Balaban J connectivity index is 1.39.